The Morgan fingerprint density at radius 2 is 2.00 bits per heavy atom. The van der Waals surface area contributed by atoms with Crippen molar-refractivity contribution in [1.29, 1.82) is 0 Å². The molecule has 0 atom stereocenters. The van der Waals surface area contributed by atoms with Crippen molar-refractivity contribution < 1.29 is 9.15 Å². The maximum Gasteiger partial charge on any atom is 0.169 e. The average molecular weight is 318 g/mol. The number of thiocarbonyl (C=S) groups is 1. The molecule has 1 N–H and O–H groups in total. The molecule has 0 saturated carbocycles. The quantitative estimate of drug-likeness (QED) is 0.598. The lowest BCUT2D eigenvalue weighted by atomic mass is 10.2. The third-order valence-corrected chi connectivity index (χ3v) is 3.63. The normalized spacial score (nSPS) is 10.4. The average Bonchev–Trinajstić information content (AvgIpc) is 3.05. The molecule has 0 fully saturated rings. The van der Waals surface area contributed by atoms with Gasteiger partial charge < -0.3 is 19.4 Å². The number of furan rings is 1. The van der Waals surface area contributed by atoms with Gasteiger partial charge in [0.05, 0.1) is 12.8 Å². The molecule has 0 bridgehead atoms. The fourth-order valence-corrected chi connectivity index (χ4v) is 2.35. The molecule has 1 aromatic heterocycles. The van der Waals surface area contributed by atoms with Crippen LogP contribution in [0.15, 0.2) is 53.1 Å². The molecule has 0 aliphatic heterocycles. The highest BCUT2D eigenvalue weighted by Gasteiger charge is 2.12. The van der Waals surface area contributed by atoms with Crippen LogP contribution >= 0.6 is 12.2 Å². The minimum atomic E-state index is 0.651. The lowest BCUT2D eigenvalue weighted by Gasteiger charge is -2.25. The van der Waals surface area contributed by atoms with E-state index in [9.17, 15) is 0 Å². The Balaban J connectivity index is 1.96. The van der Waals surface area contributed by atoms with E-state index in [0.29, 0.717) is 6.54 Å². The van der Waals surface area contributed by atoms with Crippen molar-refractivity contribution >= 4 is 17.3 Å². The third kappa shape index (κ3) is 5.50. The van der Waals surface area contributed by atoms with E-state index >= 15 is 0 Å². The summed E-state index contributed by atoms with van der Waals surface area (Å²) in [7, 11) is 1.71. The molecule has 0 spiro atoms. The van der Waals surface area contributed by atoms with Crippen molar-refractivity contribution in [3.63, 3.8) is 0 Å². The van der Waals surface area contributed by atoms with Crippen molar-refractivity contribution in [2.24, 2.45) is 0 Å². The molecule has 1 heterocycles. The number of methoxy groups -OCH3 is 1. The number of nitrogens with one attached hydrogen (secondary N) is 1. The van der Waals surface area contributed by atoms with E-state index < -0.39 is 0 Å². The predicted molar refractivity (Wildman–Crippen MR) is 91.5 cm³/mol. The van der Waals surface area contributed by atoms with Crippen LogP contribution in [0.2, 0.25) is 0 Å². The molecule has 0 radical (unpaired) electrons. The summed E-state index contributed by atoms with van der Waals surface area (Å²) in [5.41, 5.74) is 1.22. The molecule has 5 heteroatoms. The zero-order valence-corrected chi connectivity index (χ0v) is 13.6. The van der Waals surface area contributed by atoms with Crippen LogP contribution in [0.25, 0.3) is 0 Å². The molecule has 0 aliphatic rings. The van der Waals surface area contributed by atoms with Gasteiger partial charge in [-0.3, -0.25) is 0 Å². The smallest absolute Gasteiger partial charge is 0.169 e. The van der Waals surface area contributed by atoms with Gasteiger partial charge in [0, 0.05) is 26.8 Å². The Hall–Kier alpha value is -1.85. The number of hydrogen-bond donors (Lipinski definition) is 1. The van der Waals surface area contributed by atoms with Gasteiger partial charge in [-0.05, 0) is 36.3 Å². The van der Waals surface area contributed by atoms with Crippen LogP contribution in [0.1, 0.15) is 17.7 Å². The Morgan fingerprint density at radius 1 is 1.18 bits per heavy atom. The lowest BCUT2D eigenvalue weighted by Crippen LogP contribution is -2.39. The van der Waals surface area contributed by atoms with Crippen LogP contribution in [0.4, 0.5) is 0 Å². The van der Waals surface area contributed by atoms with E-state index in [1.54, 1.807) is 13.4 Å². The van der Waals surface area contributed by atoms with Gasteiger partial charge in [-0.25, -0.2) is 0 Å². The summed E-state index contributed by atoms with van der Waals surface area (Å²) in [6.07, 6.45) is 2.61. The summed E-state index contributed by atoms with van der Waals surface area (Å²) in [5.74, 6) is 0.900. The van der Waals surface area contributed by atoms with Crippen molar-refractivity contribution in [2.75, 3.05) is 20.3 Å². The molecule has 4 nitrogen and oxygen atoms in total. The summed E-state index contributed by atoms with van der Waals surface area (Å²) in [6.45, 7) is 2.93. The van der Waals surface area contributed by atoms with E-state index in [2.05, 4.69) is 22.3 Å². The molecule has 0 aliphatic carbocycles. The first-order chi connectivity index (χ1) is 10.8. The summed E-state index contributed by atoms with van der Waals surface area (Å²) >= 11 is 5.53. The zero-order valence-electron chi connectivity index (χ0n) is 12.8. The molecular weight excluding hydrogens is 296 g/mol. The molecule has 118 valence electrons. The maximum atomic E-state index is 5.53. The third-order valence-electron chi connectivity index (χ3n) is 3.23. The van der Waals surface area contributed by atoms with Crippen LogP contribution in [0.5, 0.6) is 0 Å². The number of rotatable bonds is 8. The highest BCUT2D eigenvalue weighted by atomic mass is 32.1. The predicted octanol–water partition coefficient (Wildman–Crippen LogP) is 3.19. The second kappa shape index (κ2) is 9.23. The fourth-order valence-electron chi connectivity index (χ4n) is 2.12. The standard InChI is InChI=1S/C17H22N2O2S/c1-20-11-6-10-18-17(22)19(14-16-9-5-12-21-16)13-15-7-3-2-4-8-15/h2-5,7-9,12H,6,10-11,13-14H2,1H3,(H,18,22). The van der Waals surface area contributed by atoms with Crippen molar-refractivity contribution in [3.05, 3.63) is 60.1 Å². The van der Waals surface area contributed by atoms with Crippen molar-refractivity contribution in [1.82, 2.24) is 10.2 Å². The van der Waals surface area contributed by atoms with Gasteiger partial charge in [-0.1, -0.05) is 30.3 Å². The molecule has 1 aromatic carbocycles. The van der Waals surface area contributed by atoms with Crippen molar-refractivity contribution in [3.8, 4) is 0 Å². The van der Waals surface area contributed by atoms with E-state index in [-0.39, 0.29) is 0 Å². The fraction of sp³-hybridized carbons (Fsp3) is 0.353. The lowest BCUT2D eigenvalue weighted by molar-refractivity contribution is 0.195. The van der Waals surface area contributed by atoms with Gasteiger partial charge in [0.15, 0.2) is 5.11 Å². The molecule has 0 saturated heterocycles. The van der Waals surface area contributed by atoms with Crippen LogP contribution in [0.3, 0.4) is 0 Å². The van der Waals surface area contributed by atoms with Crippen molar-refractivity contribution in [2.45, 2.75) is 19.5 Å². The van der Waals surface area contributed by atoms with Crippen LogP contribution < -0.4 is 5.32 Å². The summed E-state index contributed by atoms with van der Waals surface area (Å²) in [6, 6.07) is 14.1. The molecule has 0 amide bonds. The van der Waals surface area contributed by atoms with Gasteiger partial charge in [0.2, 0.25) is 0 Å². The van der Waals surface area contributed by atoms with E-state index in [1.807, 2.05) is 30.3 Å². The molecule has 0 unspecified atom stereocenters. The number of hydrogen-bond acceptors (Lipinski definition) is 3. The number of nitrogens with zero attached hydrogens (tertiary/aromatic N) is 1. The minimum absolute atomic E-state index is 0.651. The van der Waals surface area contributed by atoms with Crippen LogP contribution in [-0.4, -0.2) is 30.3 Å². The van der Waals surface area contributed by atoms with E-state index in [0.717, 1.165) is 37.0 Å². The van der Waals surface area contributed by atoms with E-state index in [1.165, 1.54) is 5.56 Å². The first-order valence-corrected chi connectivity index (χ1v) is 7.78. The van der Waals surface area contributed by atoms with Crippen LogP contribution in [0, 0.1) is 0 Å². The van der Waals surface area contributed by atoms with Gasteiger partial charge in [0.25, 0.3) is 0 Å². The van der Waals surface area contributed by atoms with Crippen LogP contribution in [-0.2, 0) is 17.8 Å². The number of benzene rings is 1. The molecular formula is C17H22N2O2S. The summed E-state index contributed by atoms with van der Waals surface area (Å²) in [4.78, 5) is 2.11. The van der Waals surface area contributed by atoms with Gasteiger partial charge >= 0.3 is 0 Å². The highest BCUT2D eigenvalue weighted by Crippen LogP contribution is 2.11. The number of ether oxygens (including phenoxy) is 1. The molecule has 22 heavy (non-hydrogen) atoms. The monoisotopic (exact) mass is 318 g/mol. The largest absolute Gasteiger partial charge is 0.467 e. The topological polar surface area (TPSA) is 37.6 Å². The second-order valence-electron chi connectivity index (χ2n) is 5.00. The first kappa shape index (κ1) is 16.5. The second-order valence-corrected chi connectivity index (χ2v) is 5.39. The highest BCUT2D eigenvalue weighted by molar-refractivity contribution is 7.80. The Labute approximate surface area is 137 Å². The van der Waals surface area contributed by atoms with E-state index in [4.69, 9.17) is 21.4 Å². The Kier molecular flexibility index (Phi) is 6.93. The van der Waals surface area contributed by atoms with Gasteiger partial charge in [-0.2, -0.15) is 0 Å². The van der Waals surface area contributed by atoms with Gasteiger partial charge in [0.1, 0.15) is 5.76 Å². The maximum absolute atomic E-state index is 5.53. The first-order valence-electron chi connectivity index (χ1n) is 7.37. The molecule has 2 aromatic rings. The summed E-state index contributed by atoms with van der Waals surface area (Å²) in [5, 5.41) is 4.02. The summed E-state index contributed by atoms with van der Waals surface area (Å²) < 4.78 is 10.5. The molecule has 2 rings (SSSR count). The Morgan fingerprint density at radius 3 is 2.68 bits per heavy atom. The van der Waals surface area contributed by atoms with Gasteiger partial charge in [-0.15, -0.1) is 0 Å². The minimum Gasteiger partial charge on any atom is -0.467 e. The Bertz CT molecular complexity index is 543. The SMILES string of the molecule is COCCCNC(=S)N(Cc1ccccc1)Cc1ccco1. The zero-order chi connectivity index (χ0) is 15.6.